The van der Waals surface area contributed by atoms with Crippen molar-refractivity contribution >= 4 is 18.0 Å². The normalized spacial score (nSPS) is 12.0. The summed E-state index contributed by atoms with van der Waals surface area (Å²) >= 11 is 0. The van der Waals surface area contributed by atoms with Crippen molar-refractivity contribution in [3.63, 3.8) is 0 Å². The molecule has 150 valence electrons. The molecule has 2 amide bonds. The first-order valence-electron chi connectivity index (χ1n) is 9.11. The number of aryl methyl sites for hydroxylation is 1. The number of esters is 1. The third-order valence-electron chi connectivity index (χ3n) is 3.63. The molecule has 0 aliphatic heterocycles. The highest BCUT2D eigenvalue weighted by Crippen LogP contribution is 2.13. The summed E-state index contributed by atoms with van der Waals surface area (Å²) in [5.74, 6) is -0.948. The Morgan fingerprint density at radius 1 is 1.11 bits per heavy atom. The lowest BCUT2D eigenvalue weighted by Crippen LogP contribution is -2.34. The Balaban J connectivity index is 2.26. The lowest BCUT2D eigenvalue weighted by Gasteiger charge is -2.19. The molecule has 0 unspecified atom stereocenters. The van der Waals surface area contributed by atoms with Gasteiger partial charge in [-0.3, -0.25) is 9.59 Å². The predicted octanol–water partition coefficient (Wildman–Crippen LogP) is 2.88. The molecule has 27 heavy (non-hydrogen) atoms. The van der Waals surface area contributed by atoms with Gasteiger partial charge < -0.3 is 20.1 Å². The van der Waals surface area contributed by atoms with Gasteiger partial charge in [-0.05, 0) is 45.2 Å². The van der Waals surface area contributed by atoms with Crippen LogP contribution in [0.25, 0.3) is 0 Å². The quantitative estimate of drug-likeness (QED) is 0.679. The van der Waals surface area contributed by atoms with Crippen LogP contribution in [-0.2, 0) is 25.5 Å². The van der Waals surface area contributed by atoms with E-state index in [2.05, 4.69) is 17.6 Å². The molecule has 2 N–H and O–H groups in total. The highest BCUT2D eigenvalue weighted by molar-refractivity contribution is 5.81. The lowest BCUT2D eigenvalue weighted by atomic mass is 10.1. The van der Waals surface area contributed by atoms with Crippen molar-refractivity contribution in [2.24, 2.45) is 0 Å². The maximum Gasteiger partial charge on any atom is 0.407 e. The summed E-state index contributed by atoms with van der Waals surface area (Å²) < 4.78 is 9.97. The summed E-state index contributed by atoms with van der Waals surface area (Å²) in [7, 11) is 0. The highest BCUT2D eigenvalue weighted by atomic mass is 16.6. The largest absolute Gasteiger partial charge is 0.456 e. The van der Waals surface area contributed by atoms with Crippen molar-refractivity contribution in [3.8, 4) is 0 Å². The summed E-state index contributed by atoms with van der Waals surface area (Å²) in [6.07, 6.45) is 0.316. The first kappa shape index (κ1) is 22.5. The van der Waals surface area contributed by atoms with Crippen LogP contribution in [0.4, 0.5) is 4.79 Å². The van der Waals surface area contributed by atoms with Crippen molar-refractivity contribution in [1.82, 2.24) is 10.6 Å². The predicted molar refractivity (Wildman–Crippen MR) is 102 cm³/mol. The molecule has 0 saturated heterocycles. The van der Waals surface area contributed by atoms with Crippen LogP contribution < -0.4 is 10.6 Å². The summed E-state index contributed by atoms with van der Waals surface area (Å²) in [6.45, 7) is 8.91. The fourth-order valence-corrected chi connectivity index (χ4v) is 2.21. The molecule has 1 aromatic rings. The number of nitrogens with one attached hydrogen (secondary N) is 2. The van der Waals surface area contributed by atoms with Gasteiger partial charge in [-0.15, -0.1) is 0 Å². The maximum atomic E-state index is 11.9. The van der Waals surface area contributed by atoms with Crippen molar-refractivity contribution < 1.29 is 23.9 Å². The molecule has 0 aliphatic carbocycles. The van der Waals surface area contributed by atoms with E-state index in [1.807, 2.05) is 31.2 Å². The van der Waals surface area contributed by atoms with E-state index in [9.17, 15) is 14.4 Å². The number of ether oxygens (including phenoxy) is 2. The van der Waals surface area contributed by atoms with Crippen molar-refractivity contribution in [1.29, 1.82) is 0 Å². The van der Waals surface area contributed by atoms with Crippen LogP contribution in [0.1, 0.15) is 58.2 Å². The van der Waals surface area contributed by atoms with Gasteiger partial charge in [-0.25, -0.2) is 4.79 Å². The van der Waals surface area contributed by atoms with Gasteiger partial charge in [0.2, 0.25) is 0 Å². The molecule has 1 atom stereocenters. The Kier molecular flexibility index (Phi) is 8.78. The number of carbonyl (C=O) groups excluding carboxylic acids is 3. The molecule has 0 fully saturated rings. The number of hydrogen-bond donors (Lipinski definition) is 2. The highest BCUT2D eigenvalue weighted by Gasteiger charge is 2.16. The molecule has 1 aromatic carbocycles. The van der Waals surface area contributed by atoms with E-state index in [0.29, 0.717) is 0 Å². The van der Waals surface area contributed by atoms with Crippen LogP contribution >= 0.6 is 0 Å². The van der Waals surface area contributed by atoms with Gasteiger partial charge in [0.15, 0.2) is 6.61 Å². The Hall–Kier alpha value is -2.57. The molecule has 7 heteroatoms. The van der Waals surface area contributed by atoms with Crippen LogP contribution in [0.15, 0.2) is 24.3 Å². The minimum absolute atomic E-state index is 0.0411. The van der Waals surface area contributed by atoms with Crippen molar-refractivity contribution in [3.05, 3.63) is 35.4 Å². The van der Waals surface area contributed by atoms with Crippen LogP contribution in [0.5, 0.6) is 0 Å². The van der Waals surface area contributed by atoms with Gasteiger partial charge in [0.25, 0.3) is 5.91 Å². The van der Waals surface area contributed by atoms with Crippen LogP contribution in [0.2, 0.25) is 0 Å². The topological polar surface area (TPSA) is 93.7 Å². The third-order valence-corrected chi connectivity index (χ3v) is 3.63. The van der Waals surface area contributed by atoms with Crippen LogP contribution in [-0.4, -0.2) is 36.7 Å². The molecule has 7 nitrogen and oxygen atoms in total. The van der Waals surface area contributed by atoms with Crippen LogP contribution in [0.3, 0.4) is 0 Å². The molecule has 0 bridgehead atoms. The molecular weight excluding hydrogens is 348 g/mol. The van der Waals surface area contributed by atoms with Gasteiger partial charge in [0, 0.05) is 6.54 Å². The van der Waals surface area contributed by atoms with Gasteiger partial charge in [-0.2, -0.15) is 0 Å². The molecule has 0 aromatic heterocycles. The molecule has 0 heterocycles. The van der Waals surface area contributed by atoms with Crippen molar-refractivity contribution in [2.45, 2.75) is 59.1 Å². The number of amides is 2. The van der Waals surface area contributed by atoms with Crippen molar-refractivity contribution in [2.75, 3.05) is 13.2 Å². The average Bonchev–Trinajstić information content (AvgIpc) is 2.58. The van der Waals surface area contributed by atoms with E-state index in [1.165, 1.54) is 5.56 Å². The minimum atomic E-state index is -0.601. The number of hydrogen-bond acceptors (Lipinski definition) is 5. The van der Waals surface area contributed by atoms with Gasteiger partial charge in [-0.1, -0.05) is 31.2 Å². The molecule has 0 saturated carbocycles. The van der Waals surface area contributed by atoms with E-state index in [0.717, 1.165) is 12.0 Å². The average molecular weight is 378 g/mol. The smallest absolute Gasteiger partial charge is 0.407 e. The summed E-state index contributed by atoms with van der Waals surface area (Å²) in [5.41, 5.74) is 1.61. The van der Waals surface area contributed by atoms with E-state index in [4.69, 9.17) is 9.47 Å². The van der Waals surface area contributed by atoms with Gasteiger partial charge in [0.1, 0.15) is 5.60 Å². The number of carbonyl (C=O) groups is 3. The third kappa shape index (κ3) is 9.63. The SMILES string of the molecule is CCc1ccc([C@@H](C)NC(=O)COC(=O)CCNC(=O)OC(C)(C)C)cc1. The Labute approximate surface area is 160 Å². The first-order chi connectivity index (χ1) is 12.6. The maximum absolute atomic E-state index is 11.9. The van der Waals surface area contributed by atoms with Gasteiger partial charge >= 0.3 is 12.1 Å². The van der Waals surface area contributed by atoms with Gasteiger partial charge in [0.05, 0.1) is 12.5 Å². The number of benzene rings is 1. The zero-order valence-corrected chi connectivity index (χ0v) is 16.8. The van der Waals surface area contributed by atoms with E-state index < -0.39 is 17.7 Å². The minimum Gasteiger partial charge on any atom is -0.456 e. The summed E-state index contributed by atoms with van der Waals surface area (Å²) in [6, 6.07) is 7.80. The molecule has 0 spiro atoms. The zero-order valence-electron chi connectivity index (χ0n) is 16.8. The first-order valence-corrected chi connectivity index (χ1v) is 9.11. The molecule has 0 radical (unpaired) electrons. The Morgan fingerprint density at radius 2 is 1.74 bits per heavy atom. The summed E-state index contributed by atoms with van der Waals surface area (Å²) in [4.78, 5) is 35.0. The number of alkyl carbamates (subject to hydrolysis) is 1. The molecule has 0 aliphatic rings. The number of rotatable bonds is 8. The fourth-order valence-electron chi connectivity index (χ4n) is 2.21. The van der Waals surface area contributed by atoms with E-state index in [1.54, 1.807) is 20.8 Å². The Morgan fingerprint density at radius 3 is 2.30 bits per heavy atom. The molecular formula is C20H30N2O5. The Bertz CT molecular complexity index is 635. The lowest BCUT2D eigenvalue weighted by molar-refractivity contribution is -0.148. The van der Waals surface area contributed by atoms with Crippen LogP contribution in [0, 0.1) is 0 Å². The summed E-state index contributed by atoms with van der Waals surface area (Å²) in [5, 5.41) is 5.24. The second-order valence-corrected chi connectivity index (χ2v) is 7.22. The fraction of sp³-hybridized carbons (Fsp3) is 0.550. The standard InChI is InChI=1S/C20H30N2O5/c1-6-15-7-9-16(10-8-15)14(2)22-17(23)13-26-18(24)11-12-21-19(25)27-20(3,4)5/h7-10,14H,6,11-13H2,1-5H3,(H,21,25)(H,22,23)/t14-/m1/s1. The zero-order chi connectivity index (χ0) is 20.4. The second-order valence-electron chi connectivity index (χ2n) is 7.22. The monoisotopic (exact) mass is 378 g/mol. The molecule has 1 rings (SSSR count). The van der Waals surface area contributed by atoms with E-state index in [-0.39, 0.29) is 31.5 Å². The van der Waals surface area contributed by atoms with E-state index >= 15 is 0 Å². The second kappa shape index (κ2) is 10.5.